The molecule has 0 fully saturated rings. The SMILES string of the molecule is CC(ON=Cc1ccccc1C(F)(F)F)C(=O)NCc1ccccc1. The van der Waals surface area contributed by atoms with Gasteiger partial charge in [0, 0.05) is 12.1 Å². The van der Waals surface area contributed by atoms with Crippen molar-refractivity contribution in [1.82, 2.24) is 5.32 Å². The van der Waals surface area contributed by atoms with E-state index in [1.807, 2.05) is 30.3 Å². The first kappa shape index (κ1) is 18.5. The maximum Gasteiger partial charge on any atom is 0.417 e. The van der Waals surface area contributed by atoms with Crippen LogP contribution in [0.2, 0.25) is 0 Å². The number of carbonyl (C=O) groups excluding carboxylic acids is 1. The molecule has 1 amide bonds. The molecular formula is C18H17F3N2O2. The van der Waals surface area contributed by atoms with E-state index in [9.17, 15) is 18.0 Å². The second kappa shape index (κ2) is 8.32. The normalized spacial score (nSPS) is 12.8. The zero-order valence-corrected chi connectivity index (χ0v) is 13.5. The Balaban J connectivity index is 1.90. The molecule has 1 unspecified atom stereocenters. The molecule has 0 radical (unpaired) electrons. The van der Waals surface area contributed by atoms with Gasteiger partial charge in [0.15, 0.2) is 0 Å². The maximum atomic E-state index is 12.9. The van der Waals surface area contributed by atoms with Crippen LogP contribution in [0.15, 0.2) is 59.8 Å². The molecular weight excluding hydrogens is 333 g/mol. The van der Waals surface area contributed by atoms with Crippen LogP contribution in [-0.4, -0.2) is 18.2 Å². The van der Waals surface area contributed by atoms with Crippen molar-refractivity contribution in [2.45, 2.75) is 25.7 Å². The summed E-state index contributed by atoms with van der Waals surface area (Å²) in [5, 5.41) is 6.17. The predicted molar refractivity (Wildman–Crippen MR) is 87.9 cm³/mol. The second-order valence-electron chi connectivity index (χ2n) is 5.27. The Hall–Kier alpha value is -2.83. The smallest absolute Gasteiger partial charge is 0.383 e. The second-order valence-corrected chi connectivity index (χ2v) is 5.27. The van der Waals surface area contributed by atoms with Gasteiger partial charge in [-0.05, 0) is 18.6 Å². The molecule has 1 N–H and O–H groups in total. The van der Waals surface area contributed by atoms with E-state index in [0.29, 0.717) is 6.54 Å². The number of nitrogens with zero attached hydrogens (tertiary/aromatic N) is 1. The zero-order valence-electron chi connectivity index (χ0n) is 13.5. The summed E-state index contributed by atoms with van der Waals surface area (Å²) in [6, 6.07) is 14.3. The number of oxime groups is 1. The van der Waals surface area contributed by atoms with Gasteiger partial charge in [0.25, 0.3) is 5.91 Å². The fourth-order valence-electron chi connectivity index (χ4n) is 2.02. The van der Waals surface area contributed by atoms with E-state index in [1.165, 1.54) is 25.1 Å². The van der Waals surface area contributed by atoms with Crippen LogP contribution < -0.4 is 5.32 Å². The summed E-state index contributed by atoms with van der Waals surface area (Å²) in [4.78, 5) is 16.8. The molecule has 0 spiro atoms. The minimum absolute atomic E-state index is 0.133. The molecule has 2 aromatic carbocycles. The minimum Gasteiger partial charge on any atom is -0.383 e. The molecule has 0 heterocycles. The fraction of sp³-hybridized carbons (Fsp3) is 0.222. The highest BCUT2D eigenvalue weighted by Crippen LogP contribution is 2.31. The highest BCUT2D eigenvalue weighted by molar-refractivity contribution is 5.82. The van der Waals surface area contributed by atoms with E-state index < -0.39 is 23.8 Å². The third kappa shape index (κ3) is 5.63. The largest absolute Gasteiger partial charge is 0.417 e. The lowest BCUT2D eigenvalue weighted by Gasteiger charge is -2.11. The van der Waals surface area contributed by atoms with Gasteiger partial charge >= 0.3 is 6.18 Å². The third-order valence-corrected chi connectivity index (χ3v) is 3.36. The van der Waals surface area contributed by atoms with Crippen molar-refractivity contribution in [3.8, 4) is 0 Å². The molecule has 25 heavy (non-hydrogen) atoms. The number of alkyl halides is 3. The number of benzene rings is 2. The molecule has 0 saturated carbocycles. The topological polar surface area (TPSA) is 50.7 Å². The van der Waals surface area contributed by atoms with Crippen LogP contribution in [0.3, 0.4) is 0 Å². The zero-order chi connectivity index (χ0) is 18.3. The molecule has 0 bridgehead atoms. The van der Waals surface area contributed by atoms with E-state index in [1.54, 1.807) is 0 Å². The lowest BCUT2D eigenvalue weighted by atomic mass is 10.1. The lowest BCUT2D eigenvalue weighted by molar-refractivity contribution is -0.137. The number of carbonyl (C=O) groups is 1. The molecule has 1 atom stereocenters. The Labute approximate surface area is 143 Å². The van der Waals surface area contributed by atoms with Gasteiger partial charge in [0.1, 0.15) is 0 Å². The summed E-state index contributed by atoms with van der Waals surface area (Å²) >= 11 is 0. The van der Waals surface area contributed by atoms with E-state index in [0.717, 1.165) is 17.8 Å². The molecule has 2 aromatic rings. The summed E-state index contributed by atoms with van der Waals surface area (Å²) in [6.07, 6.45) is -4.47. The number of halogens is 3. The van der Waals surface area contributed by atoms with Crippen LogP contribution in [0.5, 0.6) is 0 Å². The Morgan fingerprint density at radius 3 is 2.48 bits per heavy atom. The first-order chi connectivity index (χ1) is 11.9. The van der Waals surface area contributed by atoms with Gasteiger partial charge in [0.05, 0.1) is 11.8 Å². The molecule has 0 aliphatic carbocycles. The van der Waals surface area contributed by atoms with Crippen molar-refractivity contribution >= 4 is 12.1 Å². The van der Waals surface area contributed by atoms with Gasteiger partial charge in [-0.3, -0.25) is 4.79 Å². The van der Waals surface area contributed by atoms with Gasteiger partial charge in [-0.2, -0.15) is 13.2 Å². The Morgan fingerprint density at radius 1 is 1.16 bits per heavy atom. The lowest BCUT2D eigenvalue weighted by Crippen LogP contribution is -2.33. The predicted octanol–water partition coefficient (Wildman–Crippen LogP) is 3.76. The molecule has 2 rings (SSSR count). The average Bonchev–Trinajstić information content (AvgIpc) is 2.60. The standard InChI is InChI=1S/C18H17F3N2O2/c1-13(17(24)22-11-14-7-3-2-4-8-14)25-23-12-15-9-5-6-10-16(15)18(19,20)21/h2-10,12-13H,11H2,1H3,(H,22,24). The van der Waals surface area contributed by atoms with E-state index in [2.05, 4.69) is 10.5 Å². The van der Waals surface area contributed by atoms with E-state index in [4.69, 9.17) is 4.84 Å². The number of nitrogens with one attached hydrogen (secondary N) is 1. The number of amides is 1. The van der Waals surface area contributed by atoms with Crippen molar-refractivity contribution in [2.24, 2.45) is 5.16 Å². The van der Waals surface area contributed by atoms with Crippen LogP contribution in [0.1, 0.15) is 23.6 Å². The number of hydrogen-bond acceptors (Lipinski definition) is 3. The quantitative estimate of drug-likeness (QED) is 0.637. The third-order valence-electron chi connectivity index (χ3n) is 3.36. The minimum atomic E-state index is -4.48. The summed E-state index contributed by atoms with van der Waals surface area (Å²) in [7, 11) is 0. The van der Waals surface area contributed by atoms with Gasteiger partial charge < -0.3 is 10.2 Å². The van der Waals surface area contributed by atoms with Crippen molar-refractivity contribution in [3.05, 3.63) is 71.3 Å². The highest BCUT2D eigenvalue weighted by Gasteiger charge is 2.32. The van der Waals surface area contributed by atoms with Gasteiger partial charge in [-0.1, -0.05) is 53.7 Å². The molecule has 0 aliphatic rings. The Bertz CT molecular complexity index is 731. The summed E-state index contributed by atoms with van der Waals surface area (Å²) < 4.78 is 38.6. The molecule has 7 heteroatoms. The van der Waals surface area contributed by atoms with Crippen LogP contribution in [0.25, 0.3) is 0 Å². The summed E-state index contributed by atoms with van der Waals surface area (Å²) in [6.45, 7) is 1.79. The summed E-state index contributed by atoms with van der Waals surface area (Å²) in [5.41, 5.74) is -0.0268. The summed E-state index contributed by atoms with van der Waals surface area (Å²) in [5.74, 6) is -0.412. The molecule has 0 saturated heterocycles. The van der Waals surface area contributed by atoms with Crippen molar-refractivity contribution < 1.29 is 22.8 Å². The average molecular weight is 350 g/mol. The van der Waals surface area contributed by atoms with Gasteiger partial charge in [-0.15, -0.1) is 0 Å². The Kier molecular flexibility index (Phi) is 6.16. The van der Waals surface area contributed by atoms with Crippen molar-refractivity contribution in [1.29, 1.82) is 0 Å². The monoisotopic (exact) mass is 350 g/mol. The molecule has 4 nitrogen and oxygen atoms in total. The van der Waals surface area contributed by atoms with Crippen LogP contribution in [-0.2, 0) is 22.4 Å². The highest BCUT2D eigenvalue weighted by atomic mass is 19.4. The van der Waals surface area contributed by atoms with Crippen LogP contribution in [0, 0.1) is 0 Å². The molecule has 132 valence electrons. The van der Waals surface area contributed by atoms with Crippen LogP contribution in [0.4, 0.5) is 13.2 Å². The fourth-order valence-corrected chi connectivity index (χ4v) is 2.02. The van der Waals surface area contributed by atoms with E-state index >= 15 is 0 Å². The molecule has 0 aliphatic heterocycles. The maximum absolute atomic E-state index is 12.9. The first-order valence-electron chi connectivity index (χ1n) is 7.55. The van der Waals surface area contributed by atoms with Gasteiger partial charge in [0.2, 0.25) is 6.10 Å². The molecule has 0 aromatic heterocycles. The first-order valence-corrected chi connectivity index (χ1v) is 7.55. The van der Waals surface area contributed by atoms with Crippen molar-refractivity contribution in [2.75, 3.05) is 0 Å². The Morgan fingerprint density at radius 2 is 1.80 bits per heavy atom. The van der Waals surface area contributed by atoms with Gasteiger partial charge in [-0.25, -0.2) is 0 Å². The van der Waals surface area contributed by atoms with Crippen LogP contribution >= 0.6 is 0 Å². The number of hydrogen-bond donors (Lipinski definition) is 1. The van der Waals surface area contributed by atoms with Crippen molar-refractivity contribution in [3.63, 3.8) is 0 Å². The van der Waals surface area contributed by atoms with E-state index in [-0.39, 0.29) is 5.56 Å². The number of rotatable bonds is 6.